The average molecular weight is 380 g/mol. The highest BCUT2D eigenvalue weighted by atomic mass is 35.5. The van der Waals surface area contributed by atoms with Crippen molar-refractivity contribution < 1.29 is 4.79 Å². The smallest absolute Gasteiger partial charge is 0.317 e. The summed E-state index contributed by atoms with van der Waals surface area (Å²) in [4.78, 5) is 25.0. The number of amides is 2. The van der Waals surface area contributed by atoms with Crippen molar-refractivity contribution in [2.45, 2.75) is 19.9 Å². The van der Waals surface area contributed by atoms with Crippen molar-refractivity contribution in [3.05, 3.63) is 45.1 Å². The van der Waals surface area contributed by atoms with E-state index in [1.807, 2.05) is 24.1 Å². The maximum absolute atomic E-state index is 12.3. The molecule has 0 spiro atoms. The van der Waals surface area contributed by atoms with Crippen LogP contribution in [0.5, 0.6) is 0 Å². The lowest BCUT2D eigenvalue weighted by Crippen LogP contribution is -2.51. The van der Waals surface area contributed by atoms with Crippen molar-refractivity contribution in [3.8, 4) is 0 Å². The van der Waals surface area contributed by atoms with Gasteiger partial charge >= 0.3 is 6.03 Å². The zero-order valence-corrected chi connectivity index (χ0v) is 15.8. The van der Waals surface area contributed by atoms with Gasteiger partial charge in [-0.2, -0.15) is 0 Å². The molecular formula is C17H22ClN5OS. The fourth-order valence-electron chi connectivity index (χ4n) is 2.79. The van der Waals surface area contributed by atoms with Crippen molar-refractivity contribution in [1.29, 1.82) is 0 Å². The van der Waals surface area contributed by atoms with Gasteiger partial charge in [-0.3, -0.25) is 9.88 Å². The largest absolute Gasteiger partial charge is 0.338 e. The van der Waals surface area contributed by atoms with Gasteiger partial charge in [0.2, 0.25) is 0 Å². The van der Waals surface area contributed by atoms with Crippen molar-refractivity contribution >= 4 is 29.0 Å². The Morgan fingerprint density at radius 3 is 2.80 bits per heavy atom. The van der Waals surface area contributed by atoms with Gasteiger partial charge in [-0.15, -0.1) is 11.3 Å². The minimum atomic E-state index is 0.000373. The van der Waals surface area contributed by atoms with Crippen molar-refractivity contribution in [2.75, 3.05) is 32.7 Å². The second kappa shape index (κ2) is 8.60. The molecule has 2 aromatic rings. The second-order valence-electron chi connectivity index (χ2n) is 6.07. The number of nitrogens with one attached hydrogen (secondary N) is 1. The van der Waals surface area contributed by atoms with Crippen LogP contribution in [0.25, 0.3) is 0 Å². The van der Waals surface area contributed by atoms with Gasteiger partial charge in [0.15, 0.2) is 0 Å². The summed E-state index contributed by atoms with van der Waals surface area (Å²) in [6.45, 7) is 6.60. The van der Waals surface area contributed by atoms with Crippen LogP contribution in [0.3, 0.4) is 0 Å². The third-order valence-electron chi connectivity index (χ3n) is 4.19. The first kappa shape index (κ1) is 18.1. The number of carbonyl (C=O) groups is 1. The molecule has 0 radical (unpaired) electrons. The quantitative estimate of drug-likeness (QED) is 0.867. The first-order valence-corrected chi connectivity index (χ1v) is 9.57. The molecule has 0 aliphatic carbocycles. The molecule has 134 valence electrons. The molecule has 0 saturated carbocycles. The number of hydrogen-bond acceptors (Lipinski definition) is 5. The van der Waals surface area contributed by atoms with Gasteiger partial charge in [0.05, 0.1) is 10.7 Å². The van der Waals surface area contributed by atoms with E-state index >= 15 is 0 Å². The van der Waals surface area contributed by atoms with E-state index in [2.05, 4.69) is 26.3 Å². The van der Waals surface area contributed by atoms with E-state index in [-0.39, 0.29) is 6.03 Å². The monoisotopic (exact) mass is 379 g/mol. The van der Waals surface area contributed by atoms with Crippen LogP contribution in [-0.4, -0.2) is 58.5 Å². The van der Waals surface area contributed by atoms with E-state index in [4.69, 9.17) is 11.6 Å². The summed E-state index contributed by atoms with van der Waals surface area (Å²) in [5.41, 5.74) is 2.07. The number of halogens is 1. The molecule has 0 bridgehead atoms. The first-order valence-electron chi connectivity index (χ1n) is 8.37. The molecule has 1 aliphatic heterocycles. The van der Waals surface area contributed by atoms with Gasteiger partial charge < -0.3 is 10.2 Å². The highest BCUT2D eigenvalue weighted by molar-refractivity contribution is 7.16. The third kappa shape index (κ3) is 5.14. The molecule has 2 aromatic heterocycles. The van der Waals surface area contributed by atoms with Gasteiger partial charge in [0.25, 0.3) is 0 Å². The molecule has 1 fully saturated rings. The Kier molecular flexibility index (Phi) is 6.23. The number of aromatic nitrogens is 2. The van der Waals surface area contributed by atoms with Crippen LogP contribution in [0.4, 0.5) is 4.79 Å². The first-order chi connectivity index (χ1) is 12.1. The number of piperazine rings is 1. The SMILES string of the molecule is Cc1nc(CCNC(=O)N2CCN(Cc3cccnc3)CC2)sc1Cl. The molecule has 3 heterocycles. The summed E-state index contributed by atoms with van der Waals surface area (Å²) in [6.07, 6.45) is 4.39. The minimum absolute atomic E-state index is 0.000373. The van der Waals surface area contributed by atoms with Crippen LogP contribution >= 0.6 is 22.9 Å². The van der Waals surface area contributed by atoms with E-state index in [1.54, 1.807) is 6.20 Å². The molecular weight excluding hydrogens is 358 g/mol. The van der Waals surface area contributed by atoms with Gasteiger partial charge in [-0.25, -0.2) is 9.78 Å². The summed E-state index contributed by atoms with van der Waals surface area (Å²) in [7, 11) is 0. The number of rotatable bonds is 5. The molecule has 3 rings (SSSR count). The normalized spacial score (nSPS) is 15.4. The predicted molar refractivity (Wildman–Crippen MR) is 100 cm³/mol. The lowest BCUT2D eigenvalue weighted by atomic mass is 10.2. The zero-order valence-electron chi connectivity index (χ0n) is 14.2. The Bertz CT molecular complexity index is 681. The van der Waals surface area contributed by atoms with Gasteiger partial charge in [0.1, 0.15) is 4.34 Å². The molecule has 0 unspecified atom stereocenters. The third-order valence-corrected chi connectivity index (χ3v) is 5.70. The number of aryl methyl sites for hydroxylation is 1. The maximum atomic E-state index is 12.3. The van der Waals surface area contributed by atoms with Crippen molar-refractivity contribution in [2.24, 2.45) is 0 Å². The summed E-state index contributed by atoms with van der Waals surface area (Å²) in [5, 5.41) is 3.94. The molecule has 6 nitrogen and oxygen atoms in total. The van der Waals surface area contributed by atoms with Gasteiger partial charge in [-0.1, -0.05) is 17.7 Å². The van der Waals surface area contributed by atoms with E-state index in [9.17, 15) is 4.79 Å². The fourth-order valence-corrected chi connectivity index (χ4v) is 3.88. The van der Waals surface area contributed by atoms with Crippen LogP contribution in [0, 0.1) is 6.92 Å². The van der Waals surface area contributed by atoms with Crippen LogP contribution < -0.4 is 5.32 Å². The minimum Gasteiger partial charge on any atom is -0.338 e. The molecule has 1 aliphatic rings. The fraction of sp³-hybridized carbons (Fsp3) is 0.471. The highest BCUT2D eigenvalue weighted by Gasteiger charge is 2.20. The molecule has 2 amide bonds. The zero-order chi connectivity index (χ0) is 17.6. The summed E-state index contributed by atoms with van der Waals surface area (Å²) < 4.78 is 0.728. The van der Waals surface area contributed by atoms with E-state index in [0.29, 0.717) is 13.0 Å². The molecule has 25 heavy (non-hydrogen) atoms. The van der Waals surface area contributed by atoms with E-state index in [0.717, 1.165) is 47.8 Å². The van der Waals surface area contributed by atoms with Gasteiger partial charge in [-0.05, 0) is 18.6 Å². The van der Waals surface area contributed by atoms with Crippen molar-refractivity contribution in [1.82, 2.24) is 25.1 Å². The second-order valence-corrected chi connectivity index (χ2v) is 7.76. The number of urea groups is 1. The highest BCUT2D eigenvalue weighted by Crippen LogP contribution is 2.23. The Morgan fingerprint density at radius 1 is 1.36 bits per heavy atom. The Morgan fingerprint density at radius 2 is 2.16 bits per heavy atom. The molecule has 1 N–H and O–H groups in total. The van der Waals surface area contributed by atoms with Crippen LogP contribution in [0.15, 0.2) is 24.5 Å². The lowest BCUT2D eigenvalue weighted by molar-refractivity contribution is 0.135. The molecule has 1 saturated heterocycles. The topological polar surface area (TPSA) is 61.4 Å². The summed E-state index contributed by atoms with van der Waals surface area (Å²) in [5.74, 6) is 0. The van der Waals surface area contributed by atoms with Crippen molar-refractivity contribution in [3.63, 3.8) is 0 Å². The van der Waals surface area contributed by atoms with Crippen LogP contribution in [0.2, 0.25) is 4.34 Å². The number of hydrogen-bond donors (Lipinski definition) is 1. The number of nitrogens with zero attached hydrogens (tertiary/aromatic N) is 4. The molecule has 8 heteroatoms. The Labute approximate surface area is 156 Å². The molecule has 0 atom stereocenters. The average Bonchev–Trinajstić information content (AvgIpc) is 2.94. The standard InChI is InChI=1S/C17H22ClN5OS/c1-13-16(18)25-15(21-13)4-6-20-17(24)23-9-7-22(8-10-23)12-14-3-2-5-19-11-14/h2-3,5,11H,4,6-10,12H2,1H3,(H,20,24). The van der Waals surface area contributed by atoms with Crippen LogP contribution in [0.1, 0.15) is 16.3 Å². The maximum Gasteiger partial charge on any atom is 0.317 e. The lowest BCUT2D eigenvalue weighted by Gasteiger charge is -2.34. The summed E-state index contributed by atoms with van der Waals surface area (Å²) in [6, 6.07) is 4.04. The van der Waals surface area contributed by atoms with Crippen LogP contribution in [-0.2, 0) is 13.0 Å². The van der Waals surface area contributed by atoms with E-state index < -0.39 is 0 Å². The number of carbonyl (C=O) groups excluding carboxylic acids is 1. The Hall–Kier alpha value is -1.70. The number of thiazole rings is 1. The predicted octanol–water partition coefficient (Wildman–Crippen LogP) is 2.57. The van der Waals surface area contributed by atoms with Gasteiger partial charge in [0, 0.05) is 58.1 Å². The number of pyridine rings is 1. The Balaban J connectivity index is 1.38. The molecule has 0 aromatic carbocycles. The van der Waals surface area contributed by atoms with E-state index in [1.165, 1.54) is 16.9 Å². The summed E-state index contributed by atoms with van der Waals surface area (Å²) >= 11 is 7.50.